The molecule has 1 unspecified atom stereocenters. The predicted molar refractivity (Wildman–Crippen MR) is 112 cm³/mol. The van der Waals surface area contributed by atoms with Crippen LogP contribution < -0.4 is 15.4 Å². The quantitative estimate of drug-likeness (QED) is 0.421. The Hall–Kier alpha value is -4.21. The number of aromatic nitrogens is 2. The zero-order valence-electron chi connectivity index (χ0n) is 16.9. The second-order valence-corrected chi connectivity index (χ2v) is 6.66. The molecule has 0 aliphatic heterocycles. The lowest BCUT2D eigenvalue weighted by Crippen LogP contribution is -2.39. The molecule has 3 aromatic rings. The number of nitrogens with zero attached hydrogens (tertiary/aromatic N) is 3. The van der Waals surface area contributed by atoms with E-state index in [1.54, 1.807) is 42.3 Å². The van der Waals surface area contributed by atoms with E-state index in [2.05, 4.69) is 15.6 Å². The number of rotatable bonds is 8. The van der Waals surface area contributed by atoms with Crippen molar-refractivity contribution in [2.75, 3.05) is 13.7 Å². The molecule has 1 heterocycles. The molecule has 0 bridgehead atoms. The van der Waals surface area contributed by atoms with Gasteiger partial charge in [0, 0.05) is 37.1 Å². The number of hydrogen-bond acceptors (Lipinski definition) is 6. The lowest BCUT2D eigenvalue weighted by Gasteiger charge is -2.20. The van der Waals surface area contributed by atoms with Gasteiger partial charge in [0.25, 0.3) is 11.6 Å². The second kappa shape index (κ2) is 9.53. The summed E-state index contributed by atoms with van der Waals surface area (Å²) in [7, 11) is 3.36. The molecule has 0 radical (unpaired) electrons. The maximum absolute atomic E-state index is 12.6. The van der Waals surface area contributed by atoms with Gasteiger partial charge in [-0.1, -0.05) is 18.2 Å². The number of hydrogen-bond donors (Lipinski definition) is 2. The summed E-state index contributed by atoms with van der Waals surface area (Å²) in [5, 5.41) is 16.2. The van der Waals surface area contributed by atoms with E-state index < -0.39 is 22.8 Å². The third-order valence-corrected chi connectivity index (χ3v) is 4.58. The number of carbonyl (C=O) groups excluding carboxylic acids is 2. The van der Waals surface area contributed by atoms with Crippen molar-refractivity contribution in [3.05, 3.63) is 88.0 Å². The van der Waals surface area contributed by atoms with Crippen molar-refractivity contribution >= 4 is 17.5 Å². The van der Waals surface area contributed by atoms with Gasteiger partial charge >= 0.3 is 0 Å². The molecule has 0 saturated heterocycles. The fourth-order valence-electron chi connectivity index (χ4n) is 3.01. The number of carbonyl (C=O) groups is 2. The van der Waals surface area contributed by atoms with Gasteiger partial charge in [0.2, 0.25) is 5.91 Å². The van der Waals surface area contributed by atoms with Crippen LogP contribution >= 0.6 is 0 Å². The molecule has 10 heteroatoms. The van der Waals surface area contributed by atoms with Gasteiger partial charge in [0.15, 0.2) is 0 Å². The zero-order valence-corrected chi connectivity index (χ0v) is 16.9. The number of non-ortho nitro benzene ring substituents is 1. The molecule has 10 nitrogen and oxygen atoms in total. The maximum atomic E-state index is 12.6. The summed E-state index contributed by atoms with van der Waals surface area (Å²) in [6.45, 7) is -0.313. The molecule has 1 aromatic heterocycles. The number of nitrogens with one attached hydrogen (secondary N) is 2. The standard InChI is InChI=1S/C21H21N5O5/c1-25-10-9-22-20(25)19(14-5-4-8-17(12-14)31-2)24-18(27)13-23-21(28)15-6-3-7-16(11-15)26(29)30/h3-12,19H,13H2,1-2H3,(H,23,28)(H,24,27). The lowest BCUT2D eigenvalue weighted by atomic mass is 10.1. The molecule has 0 spiro atoms. The van der Waals surface area contributed by atoms with Crippen LogP contribution in [0.2, 0.25) is 0 Å². The first-order chi connectivity index (χ1) is 14.9. The zero-order chi connectivity index (χ0) is 22.4. The predicted octanol–water partition coefficient (Wildman–Crippen LogP) is 1.97. The van der Waals surface area contributed by atoms with Crippen LogP contribution in [0.15, 0.2) is 60.9 Å². The van der Waals surface area contributed by atoms with Crippen molar-refractivity contribution in [3.8, 4) is 5.75 Å². The summed E-state index contributed by atoms with van der Waals surface area (Å²) >= 11 is 0. The minimum atomic E-state index is -0.589. The Kier molecular flexibility index (Phi) is 6.61. The van der Waals surface area contributed by atoms with E-state index in [1.807, 2.05) is 13.1 Å². The number of methoxy groups -OCH3 is 1. The SMILES string of the molecule is COc1cccc(C(NC(=O)CNC(=O)c2cccc([N+](=O)[O-])c2)c2nccn2C)c1. The number of nitro benzene ring substituents is 1. The van der Waals surface area contributed by atoms with E-state index in [4.69, 9.17) is 4.74 Å². The van der Waals surface area contributed by atoms with Crippen LogP contribution in [0.25, 0.3) is 0 Å². The van der Waals surface area contributed by atoms with E-state index in [0.717, 1.165) is 11.6 Å². The second-order valence-electron chi connectivity index (χ2n) is 6.66. The van der Waals surface area contributed by atoms with Gasteiger partial charge in [-0.15, -0.1) is 0 Å². The van der Waals surface area contributed by atoms with Gasteiger partial charge in [-0.3, -0.25) is 19.7 Å². The Morgan fingerprint density at radius 3 is 2.68 bits per heavy atom. The average Bonchev–Trinajstić information content (AvgIpc) is 3.21. The Morgan fingerprint density at radius 1 is 1.23 bits per heavy atom. The summed E-state index contributed by atoms with van der Waals surface area (Å²) in [4.78, 5) is 39.5. The van der Waals surface area contributed by atoms with E-state index in [0.29, 0.717) is 11.6 Å². The molecule has 2 amide bonds. The first-order valence-corrected chi connectivity index (χ1v) is 9.32. The molecule has 0 aliphatic carbocycles. The Morgan fingerprint density at radius 2 is 2.00 bits per heavy atom. The number of aryl methyl sites for hydroxylation is 1. The minimum absolute atomic E-state index is 0.0930. The van der Waals surface area contributed by atoms with Crippen LogP contribution in [-0.4, -0.2) is 39.9 Å². The number of nitro groups is 1. The van der Waals surface area contributed by atoms with Crippen molar-refractivity contribution < 1.29 is 19.2 Å². The molecule has 31 heavy (non-hydrogen) atoms. The van der Waals surface area contributed by atoms with Crippen LogP contribution in [0.1, 0.15) is 27.8 Å². The monoisotopic (exact) mass is 423 g/mol. The lowest BCUT2D eigenvalue weighted by molar-refractivity contribution is -0.384. The van der Waals surface area contributed by atoms with Crippen LogP contribution in [0.3, 0.4) is 0 Å². The molecule has 2 N–H and O–H groups in total. The van der Waals surface area contributed by atoms with E-state index in [9.17, 15) is 19.7 Å². The van der Waals surface area contributed by atoms with Gasteiger partial charge in [-0.2, -0.15) is 0 Å². The summed E-state index contributed by atoms with van der Waals surface area (Å²) in [5.41, 5.74) is 0.646. The molecule has 2 aromatic carbocycles. The van der Waals surface area contributed by atoms with Gasteiger partial charge in [-0.05, 0) is 23.8 Å². The maximum Gasteiger partial charge on any atom is 0.270 e. The van der Waals surface area contributed by atoms with E-state index >= 15 is 0 Å². The summed E-state index contributed by atoms with van der Waals surface area (Å²) in [5.74, 6) is 0.194. The van der Waals surface area contributed by atoms with Crippen LogP contribution in [0.5, 0.6) is 5.75 Å². The number of imidazole rings is 1. The molecule has 1 atom stereocenters. The Labute approximate surface area is 178 Å². The van der Waals surface area contributed by atoms with Crippen molar-refractivity contribution in [1.82, 2.24) is 20.2 Å². The highest BCUT2D eigenvalue weighted by Crippen LogP contribution is 2.24. The Balaban J connectivity index is 1.72. The molecule has 0 aliphatic rings. The molecular weight excluding hydrogens is 402 g/mol. The first-order valence-electron chi connectivity index (χ1n) is 9.32. The largest absolute Gasteiger partial charge is 0.497 e. The van der Waals surface area contributed by atoms with Gasteiger partial charge in [0.1, 0.15) is 17.6 Å². The number of benzene rings is 2. The third kappa shape index (κ3) is 5.24. The Bertz CT molecular complexity index is 1110. The van der Waals surface area contributed by atoms with E-state index in [-0.39, 0.29) is 17.8 Å². The fraction of sp³-hybridized carbons (Fsp3) is 0.190. The minimum Gasteiger partial charge on any atom is -0.497 e. The van der Waals surface area contributed by atoms with Crippen molar-refractivity contribution in [2.24, 2.45) is 7.05 Å². The fourth-order valence-corrected chi connectivity index (χ4v) is 3.01. The van der Waals surface area contributed by atoms with Crippen molar-refractivity contribution in [3.63, 3.8) is 0 Å². The van der Waals surface area contributed by atoms with Gasteiger partial charge in [0.05, 0.1) is 18.6 Å². The highest BCUT2D eigenvalue weighted by Gasteiger charge is 2.22. The first kappa shape index (κ1) is 21.5. The smallest absolute Gasteiger partial charge is 0.270 e. The topological polar surface area (TPSA) is 128 Å². The van der Waals surface area contributed by atoms with Crippen molar-refractivity contribution in [1.29, 1.82) is 0 Å². The molecule has 160 valence electrons. The van der Waals surface area contributed by atoms with Crippen LogP contribution in [-0.2, 0) is 11.8 Å². The van der Waals surface area contributed by atoms with Gasteiger partial charge in [-0.25, -0.2) is 4.98 Å². The summed E-state index contributed by atoms with van der Waals surface area (Å²) < 4.78 is 7.05. The molecule has 0 fully saturated rings. The number of ether oxygens (including phenoxy) is 1. The highest BCUT2D eigenvalue weighted by atomic mass is 16.6. The average molecular weight is 423 g/mol. The normalized spacial score (nSPS) is 11.4. The number of amides is 2. The molecule has 0 saturated carbocycles. The van der Waals surface area contributed by atoms with E-state index in [1.165, 1.54) is 18.2 Å². The highest BCUT2D eigenvalue weighted by molar-refractivity contribution is 5.97. The van der Waals surface area contributed by atoms with Crippen molar-refractivity contribution in [2.45, 2.75) is 6.04 Å². The molecule has 3 rings (SSSR count). The van der Waals surface area contributed by atoms with Crippen LogP contribution in [0, 0.1) is 10.1 Å². The van der Waals surface area contributed by atoms with Crippen LogP contribution in [0.4, 0.5) is 5.69 Å². The third-order valence-electron chi connectivity index (χ3n) is 4.58. The summed E-state index contributed by atoms with van der Waals surface area (Å²) in [6.07, 6.45) is 3.39. The summed E-state index contributed by atoms with van der Waals surface area (Å²) in [6, 6.07) is 11.9. The van der Waals surface area contributed by atoms with Gasteiger partial charge < -0.3 is 19.9 Å². The molecular formula is C21H21N5O5.